The summed E-state index contributed by atoms with van der Waals surface area (Å²) in [6.45, 7) is 3.03. The fourth-order valence-electron chi connectivity index (χ4n) is 4.61. The number of rotatable bonds is 7. The van der Waals surface area contributed by atoms with Crippen LogP contribution in [0.3, 0.4) is 0 Å². The Kier molecular flexibility index (Phi) is 6.21. The van der Waals surface area contributed by atoms with Gasteiger partial charge >= 0.3 is 0 Å². The second-order valence-corrected chi connectivity index (χ2v) is 11.1. The number of aromatic nitrogens is 2. The van der Waals surface area contributed by atoms with E-state index in [0.717, 1.165) is 49.0 Å². The predicted octanol–water partition coefficient (Wildman–Crippen LogP) is 3.91. The average Bonchev–Trinajstić information content (AvgIpc) is 3.52. The highest BCUT2D eigenvalue weighted by atomic mass is 35.5. The summed E-state index contributed by atoms with van der Waals surface area (Å²) in [5.74, 6) is 3.25. The lowest BCUT2D eigenvalue weighted by Crippen LogP contribution is -2.35. The fraction of sp³-hybridized carbons (Fsp3) is 0.545. The second-order valence-electron chi connectivity index (χ2n) is 8.66. The largest absolute Gasteiger partial charge is 0.375 e. The highest BCUT2D eigenvalue weighted by Crippen LogP contribution is 2.50. The molecule has 0 bridgehead atoms. The van der Waals surface area contributed by atoms with Crippen molar-refractivity contribution in [2.75, 3.05) is 42.7 Å². The third kappa shape index (κ3) is 5.06. The molecule has 1 aliphatic heterocycles. The molecule has 1 saturated heterocycles. The van der Waals surface area contributed by atoms with Crippen molar-refractivity contribution in [1.29, 1.82) is 0 Å². The molecule has 0 N–H and O–H groups in total. The topological polar surface area (TPSA) is 66.4 Å². The van der Waals surface area contributed by atoms with Crippen molar-refractivity contribution in [2.45, 2.75) is 30.6 Å². The molecule has 1 aromatic heterocycles. The van der Waals surface area contributed by atoms with Crippen LogP contribution in [0.2, 0.25) is 5.02 Å². The average molecular weight is 449 g/mol. The van der Waals surface area contributed by atoms with E-state index in [4.69, 9.17) is 11.6 Å². The van der Waals surface area contributed by atoms with Gasteiger partial charge in [0.25, 0.3) is 0 Å². The monoisotopic (exact) mass is 448 g/mol. The lowest BCUT2D eigenvalue weighted by Gasteiger charge is -2.32. The molecule has 2 unspecified atom stereocenters. The lowest BCUT2D eigenvalue weighted by atomic mass is 9.90. The van der Waals surface area contributed by atoms with Gasteiger partial charge in [0.2, 0.25) is 5.95 Å². The zero-order chi connectivity index (χ0) is 21.3. The molecule has 0 radical (unpaired) electrons. The Morgan fingerprint density at radius 3 is 2.37 bits per heavy atom. The summed E-state index contributed by atoms with van der Waals surface area (Å²) in [4.78, 5) is 13.5. The SMILES string of the molecule is CN(CCC1CC1C1CCN(c2ncc(Cl)cn2)CC1)c1ccc(S(C)(=O)=O)cc1. The minimum atomic E-state index is -3.14. The van der Waals surface area contributed by atoms with Gasteiger partial charge in [-0.15, -0.1) is 0 Å². The van der Waals surface area contributed by atoms with Gasteiger partial charge in [0.05, 0.1) is 22.3 Å². The van der Waals surface area contributed by atoms with Crippen molar-refractivity contribution in [3.63, 3.8) is 0 Å². The number of sulfone groups is 1. The molecule has 1 aliphatic carbocycles. The molecule has 1 saturated carbocycles. The fourth-order valence-corrected chi connectivity index (χ4v) is 5.34. The Balaban J connectivity index is 1.21. The third-order valence-corrected chi connectivity index (χ3v) is 7.88. The number of benzene rings is 1. The minimum absolute atomic E-state index is 0.372. The van der Waals surface area contributed by atoms with Crippen molar-refractivity contribution in [3.8, 4) is 0 Å². The molecular weight excluding hydrogens is 420 g/mol. The second kappa shape index (κ2) is 8.71. The van der Waals surface area contributed by atoms with E-state index < -0.39 is 9.84 Å². The molecular formula is C22H29ClN4O2S. The zero-order valence-corrected chi connectivity index (χ0v) is 19.1. The summed E-state index contributed by atoms with van der Waals surface area (Å²) in [6.07, 6.45) is 9.51. The quantitative estimate of drug-likeness (QED) is 0.639. The highest BCUT2D eigenvalue weighted by molar-refractivity contribution is 7.90. The Hall–Kier alpha value is -1.86. The van der Waals surface area contributed by atoms with Crippen LogP contribution in [0.15, 0.2) is 41.6 Å². The van der Waals surface area contributed by atoms with Crippen LogP contribution in [0.4, 0.5) is 11.6 Å². The number of hydrogen-bond donors (Lipinski definition) is 0. The Bertz CT molecular complexity index is 958. The normalized spacial score (nSPS) is 22.2. The van der Waals surface area contributed by atoms with Crippen LogP contribution >= 0.6 is 11.6 Å². The molecule has 8 heteroatoms. The van der Waals surface area contributed by atoms with E-state index in [0.29, 0.717) is 9.92 Å². The first-order valence-electron chi connectivity index (χ1n) is 10.5. The molecule has 30 heavy (non-hydrogen) atoms. The molecule has 2 aromatic rings. The molecule has 2 fully saturated rings. The number of nitrogens with zero attached hydrogens (tertiary/aromatic N) is 4. The van der Waals surface area contributed by atoms with Gasteiger partial charge in [-0.1, -0.05) is 11.6 Å². The van der Waals surface area contributed by atoms with Crippen molar-refractivity contribution in [2.24, 2.45) is 17.8 Å². The van der Waals surface area contributed by atoms with E-state index in [1.807, 2.05) is 12.1 Å². The summed E-state index contributed by atoms with van der Waals surface area (Å²) in [6, 6.07) is 7.18. The Morgan fingerprint density at radius 1 is 1.13 bits per heavy atom. The number of hydrogen-bond acceptors (Lipinski definition) is 6. The van der Waals surface area contributed by atoms with E-state index in [-0.39, 0.29) is 0 Å². The van der Waals surface area contributed by atoms with Crippen molar-refractivity contribution < 1.29 is 8.42 Å². The molecule has 0 spiro atoms. The number of anilines is 2. The molecule has 2 heterocycles. The van der Waals surface area contributed by atoms with Crippen LogP contribution in [-0.2, 0) is 9.84 Å². The summed E-state index contributed by atoms with van der Waals surface area (Å²) < 4.78 is 23.2. The van der Waals surface area contributed by atoms with Crippen LogP contribution < -0.4 is 9.80 Å². The molecule has 1 aromatic carbocycles. The van der Waals surface area contributed by atoms with E-state index in [2.05, 4.69) is 26.8 Å². The van der Waals surface area contributed by atoms with Crippen LogP contribution in [0.25, 0.3) is 0 Å². The summed E-state index contributed by atoms with van der Waals surface area (Å²) in [5, 5.41) is 0.575. The van der Waals surface area contributed by atoms with E-state index in [9.17, 15) is 8.42 Å². The zero-order valence-electron chi connectivity index (χ0n) is 17.5. The smallest absolute Gasteiger partial charge is 0.225 e. The van der Waals surface area contributed by atoms with Gasteiger partial charge in [-0.2, -0.15) is 0 Å². The third-order valence-electron chi connectivity index (χ3n) is 6.55. The lowest BCUT2D eigenvalue weighted by molar-refractivity contribution is 0.342. The summed E-state index contributed by atoms with van der Waals surface area (Å²) in [7, 11) is -1.06. The predicted molar refractivity (Wildman–Crippen MR) is 121 cm³/mol. The first kappa shape index (κ1) is 21.4. The van der Waals surface area contributed by atoms with E-state index >= 15 is 0 Å². The van der Waals surface area contributed by atoms with Crippen LogP contribution in [0.5, 0.6) is 0 Å². The van der Waals surface area contributed by atoms with Gasteiger partial charge in [0.15, 0.2) is 9.84 Å². The van der Waals surface area contributed by atoms with Crippen molar-refractivity contribution >= 4 is 33.1 Å². The maximum atomic E-state index is 11.6. The molecule has 2 aliphatic rings. The van der Waals surface area contributed by atoms with Gasteiger partial charge in [-0.05, 0) is 67.7 Å². The standard InChI is InChI=1S/C22H29ClN4O2S/c1-26(19-3-5-20(6-4-19)30(2,28)29)10-7-17-13-21(17)16-8-11-27(12-9-16)22-24-14-18(23)15-25-22/h3-6,14-17,21H,7-13H2,1-2H3. The van der Waals surface area contributed by atoms with Crippen molar-refractivity contribution in [1.82, 2.24) is 9.97 Å². The Labute approximate surface area is 184 Å². The van der Waals surface area contributed by atoms with Gasteiger partial charge in [-0.3, -0.25) is 0 Å². The minimum Gasteiger partial charge on any atom is -0.375 e. The maximum absolute atomic E-state index is 11.6. The first-order valence-corrected chi connectivity index (χ1v) is 12.8. The van der Waals surface area contributed by atoms with Gasteiger partial charge in [-0.25, -0.2) is 18.4 Å². The molecule has 6 nitrogen and oxygen atoms in total. The summed E-state index contributed by atoms with van der Waals surface area (Å²) in [5.41, 5.74) is 1.07. The molecule has 0 amide bonds. The van der Waals surface area contributed by atoms with Crippen LogP contribution in [-0.4, -0.2) is 51.3 Å². The number of piperidine rings is 1. The maximum Gasteiger partial charge on any atom is 0.225 e. The van der Waals surface area contributed by atoms with Gasteiger partial charge < -0.3 is 9.80 Å². The van der Waals surface area contributed by atoms with Crippen LogP contribution in [0.1, 0.15) is 25.7 Å². The highest BCUT2D eigenvalue weighted by Gasteiger charge is 2.43. The number of halogens is 1. The van der Waals surface area contributed by atoms with Gasteiger partial charge in [0.1, 0.15) is 0 Å². The molecule has 2 atom stereocenters. The molecule has 162 valence electrons. The van der Waals surface area contributed by atoms with Crippen LogP contribution in [0, 0.1) is 17.8 Å². The van der Waals surface area contributed by atoms with E-state index in [1.165, 1.54) is 31.9 Å². The molecule has 4 rings (SSSR count). The van der Waals surface area contributed by atoms with Gasteiger partial charge in [0, 0.05) is 38.6 Å². The van der Waals surface area contributed by atoms with E-state index in [1.54, 1.807) is 24.5 Å². The summed E-state index contributed by atoms with van der Waals surface area (Å²) >= 11 is 5.88. The van der Waals surface area contributed by atoms with Crippen molar-refractivity contribution in [3.05, 3.63) is 41.7 Å². The Morgan fingerprint density at radius 2 is 1.77 bits per heavy atom. The first-order chi connectivity index (χ1) is 14.3.